The molecule has 0 unspecified atom stereocenters. The molecule has 0 saturated heterocycles. The lowest BCUT2D eigenvalue weighted by Crippen LogP contribution is -2.11. The summed E-state index contributed by atoms with van der Waals surface area (Å²) >= 11 is 3.53. The maximum atomic E-state index is 10.9. The molecule has 0 aliphatic rings. The van der Waals surface area contributed by atoms with Gasteiger partial charge in [0.15, 0.2) is 0 Å². The summed E-state index contributed by atoms with van der Waals surface area (Å²) in [6, 6.07) is 11.0. The minimum absolute atomic E-state index is 0.0376. The first-order valence-electron chi connectivity index (χ1n) is 9.12. The molecule has 0 fully saturated rings. The largest absolute Gasteiger partial charge is 0.507 e. The Balaban J connectivity index is 2.76. The lowest BCUT2D eigenvalue weighted by Gasteiger charge is -2.23. The summed E-state index contributed by atoms with van der Waals surface area (Å²) < 4.78 is 0. The number of phenolic OH excluding ortho intramolecular Hbond substituents is 1. The summed E-state index contributed by atoms with van der Waals surface area (Å²) in [5.41, 5.74) is 6.92. The maximum Gasteiger partial charge on any atom is 0.127 e. The minimum Gasteiger partial charge on any atom is -0.507 e. The molecule has 0 aromatic heterocycles. The van der Waals surface area contributed by atoms with Crippen LogP contribution in [-0.4, -0.2) is 5.11 Å². The molecule has 136 valence electrons. The van der Waals surface area contributed by atoms with E-state index in [2.05, 4.69) is 94.7 Å². The van der Waals surface area contributed by atoms with Gasteiger partial charge in [-0.15, -0.1) is 0 Å². The van der Waals surface area contributed by atoms with Crippen molar-refractivity contribution < 1.29 is 5.11 Å². The highest BCUT2D eigenvalue weighted by Gasteiger charge is 2.20. The number of rotatable bonds is 4. The van der Waals surface area contributed by atoms with Crippen LogP contribution in [-0.2, 0) is 10.7 Å². The number of phenols is 1. The Bertz CT molecular complexity index is 725. The van der Waals surface area contributed by atoms with Gasteiger partial charge in [0.05, 0.1) is 0 Å². The highest BCUT2D eigenvalue weighted by atomic mass is 79.9. The Kier molecular flexibility index (Phi) is 6.04. The molecule has 1 N–H and O–H groups in total. The first-order chi connectivity index (χ1) is 11.5. The van der Waals surface area contributed by atoms with Crippen LogP contribution in [0.5, 0.6) is 5.75 Å². The lowest BCUT2D eigenvalue weighted by molar-refractivity contribution is 0.471. The van der Waals surface area contributed by atoms with Crippen LogP contribution in [0.15, 0.2) is 30.3 Å². The predicted octanol–water partition coefficient (Wildman–Crippen LogP) is 7.50. The molecule has 0 spiro atoms. The monoisotopic (exact) mass is 402 g/mol. The molecule has 2 aromatic carbocycles. The zero-order valence-electron chi connectivity index (χ0n) is 16.6. The summed E-state index contributed by atoms with van der Waals surface area (Å²) in [4.78, 5) is 0. The van der Waals surface area contributed by atoms with E-state index in [0.717, 1.165) is 16.7 Å². The van der Waals surface area contributed by atoms with E-state index in [1.165, 1.54) is 16.7 Å². The number of aromatic hydroxyl groups is 1. The number of benzene rings is 2. The minimum atomic E-state index is 0.0376. The van der Waals surface area contributed by atoms with Crippen molar-refractivity contribution >= 4 is 15.9 Å². The van der Waals surface area contributed by atoms with Crippen LogP contribution in [0, 0.1) is 0 Å². The normalized spacial score (nSPS) is 12.2. The topological polar surface area (TPSA) is 20.2 Å². The van der Waals surface area contributed by atoms with Crippen molar-refractivity contribution in [2.24, 2.45) is 0 Å². The molecule has 0 heterocycles. The second-order valence-corrected chi connectivity index (χ2v) is 9.17. The highest BCUT2D eigenvalue weighted by molar-refractivity contribution is 9.08. The number of hydrogen-bond donors (Lipinski definition) is 1. The molecule has 2 heteroatoms. The van der Waals surface area contributed by atoms with Gasteiger partial charge in [0, 0.05) is 16.5 Å². The standard InChI is InChI=1S/C23H31BrO/c1-14(2)16-8-17(15(3)4)10-18(9-16)21-12-20(23(5,6)7)11-19(13-24)22(21)25/h8-12,14-15,25H,13H2,1-7H3. The van der Waals surface area contributed by atoms with Gasteiger partial charge in [-0.3, -0.25) is 0 Å². The summed E-state index contributed by atoms with van der Waals surface area (Å²) in [5.74, 6) is 1.31. The molecule has 0 radical (unpaired) electrons. The third-order valence-corrected chi connectivity index (χ3v) is 5.42. The fraction of sp³-hybridized carbons (Fsp3) is 0.478. The zero-order valence-corrected chi connectivity index (χ0v) is 18.2. The predicted molar refractivity (Wildman–Crippen MR) is 113 cm³/mol. The lowest BCUT2D eigenvalue weighted by atomic mass is 9.83. The van der Waals surface area contributed by atoms with E-state index in [0.29, 0.717) is 22.9 Å². The van der Waals surface area contributed by atoms with Gasteiger partial charge >= 0.3 is 0 Å². The molecular weight excluding hydrogens is 372 g/mol. The number of hydrogen-bond acceptors (Lipinski definition) is 1. The molecule has 0 atom stereocenters. The van der Waals surface area contributed by atoms with Crippen molar-refractivity contribution in [3.8, 4) is 16.9 Å². The third-order valence-electron chi connectivity index (χ3n) is 4.82. The molecule has 1 nitrogen and oxygen atoms in total. The maximum absolute atomic E-state index is 10.9. The Morgan fingerprint density at radius 1 is 0.880 bits per heavy atom. The van der Waals surface area contributed by atoms with Gasteiger partial charge in [-0.05, 0) is 45.6 Å². The Morgan fingerprint density at radius 2 is 1.40 bits per heavy atom. The second-order valence-electron chi connectivity index (χ2n) is 8.61. The van der Waals surface area contributed by atoms with Crippen molar-refractivity contribution in [3.05, 3.63) is 52.6 Å². The van der Waals surface area contributed by atoms with Gasteiger partial charge < -0.3 is 5.11 Å². The van der Waals surface area contributed by atoms with Crippen LogP contribution < -0.4 is 0 Å². The molecule has 0 aliphatic carbocycles. The van der Waals surface area contributed by atoms with Crippen LogP contribution in [0.2, 0.25) is 0 Å². The van der Waals surface area contributed by atoms with E-state index in [9.17, 15) is 5.11 Å². The quantitative estimate of drug-likeness (QED) is 0.524. The number of halogens is 1. The average Bonchev–Trinajstić information content (AvgIpc) is 2.53. The summed E-state index contributed by atoms with van der Waals surface area (Å²) in [6.45, 7) is 15.5. The van der Waals surface area contributed by atoms with Gasteiger partial charge in [0.1, 0.15) is 5.75 Å². The molecule has 0 bridgehead atoms. The van der Waals surface area contributed by atoms with E-state index in [1.807, 2.05) is 0 Å². The van der Waals surface area contributed by atoms with E-state index < -0.39 is 0 Å². The van der Waals surface area contributed by atoms with Crippen molar-refractivity contribution in [3.63, 3.8) is 0 Å². The SMILES string of the molecule is CC(C)c1cc(-c2cc(C(C)(C)C)cc(CBr)c2O)cc(C(C)C)c1. The van der Waals surface area contributed by atoms with Gasteiger partial charge in [0.2, 0.25) is 0 Å². The van der Waals surface area contributed by atoms with E-state index in [-0.39, 0.29) is 5.41 Å². The van der Waals surface area contributed by atoms with Gasteiger partial charge in [-0.2, -0.15) is 0 Å². The number of alkyl halides is 1. The van der Waals surface area contributed by atoms with E-state index in [1.54, 1.807) is 0 Å². The fourth-order valence-electron chi connectivity index (χ4n) is 2.95. The van der Waals surface area contributed by atoms with Gasteiger partial charge in [0.25, 0.3) is 0 Å². The molecular formula is C23H31BrO. The van der Waals surface area contributed by atoms with Crippen molar-refractivity contribution in [1.82, 2.24) is 0 Å². The van der Waals surface area contributed by atoms with E-state index in [4.69, 9.17) is 0 Å². The Labute approximate surface area is 161 Å². The van der Waals surface area contributed by atoms with Crippen molar-refractivity contribution in [2.45, 2.75) is 71.0 Å². The Morgan fingerprint density at radius 3 is 1.80 bits per heavy atom. The molecule has 0 saturated carbocycles. The second kappa shape index (κ2) is 7.53. The molecule has 0 amide bonds. The van der Waals surface area contributed by atoms with Crippen LogP contribution in [0.3, 0.4) is 0 Å². The highest BCUT2D eigenvalue weighted by Crippen LogP contribution is 2.40. The zero-order chi connectivity index (χ0) is 18.9. The average molecular weight is 403 g/mol. The summed E-state index contributed by atoms with van der Waals surface area (Å²) in [5, 5.41) is 11.5. The van der Waals surface area contributed by atoms with Gasteiger partial charge in [-0.1, -0.05) is 88.7 Å². The first-order valence-corrected chi connectivity index (χ1v) is 10.2. The molecule has 0 aliphatic heterocycles. The molecule has 25 heavy (non-hydrogen) atoms. The first kappa shape index (κ1) is 20.0. The van der Waals surface area contributed by atoms with Gasteiger partial charge in [-0.25, -0.2) is 0 Å². The van der Waals surface area contributed by atoms with Crippen molar-refractivity contribution in [2.75, 3.05) is 0 Å². The van der Waals surface area contributed by atoms with E-state index >= 15 is 0 Å². The molecule has 2 aromatic rings. The summed E-state index contributed by atoms with van der Waals surface area (Å²) in [7, 11) is 0. The fourth-order valence-corrected chi connectivity index (χ4v) is 3.38. The third kappa shape index (κ3) is 4.47. The van der Waals surface area contributed by atoms with Crippen LogP contribution in [0.1, 0.15) is 82.6 Å². The smallest absolute Gasteiger partial charge is 0.127 e. The van der Waals surface area contributed by atoms with Crippen molar-refractivity contribution in [1.29, 1.82) is 0 Å². The summed E-state index contributed by atoms with van der Waals surface area (Å²) in [6.07, 6.45) is 0. The van der Waals surface area contributed by atoms with Crippen LogP contribution >= 0.6 is 15.9 Å². The molecule has 2 rings (SSSR count). The van der Waals surface area contributed by atoms with Crippen LogP contribution in [0.4, 0.5) is 0 Å². The Hall–Kier alpha value is -1.28. The van der Waals surface area contributed by atoms with Crippen LogP contribution in [0.25, 0.3) is 11.1 Å².